The minimum atomic E-state index is 0.205. The molecule has 1 fully saturated rings. The molecular weight excluding hydrogens is 162 g/mol. The van der Waals surface area contributed by atoms with Crippen LogP contribution in [0.4, 0.5) is 0 Å². The van der Waals surface area contributed by atoms with Crippen LogP contribution in [-0.4, -0.2) is 11.1 Å². The van der Waals surface area contributed by atoms with E-state index in [-0.39, 0.29) is 6.23 Å². The maximum absolute atomic E-state index is 5.49. The van der Waals surface area contributed by atoms with Crippen molar-refractivity contribution < 1.29 is 4.84 Å². The number of nitrogens with zero attached hydrogens (tertiary/aromatic N) is 1. The van der Waals surface area contributed by atoms with E-state index in [0.717, 1.165) is 6.42 Å². The SMILES string of the molecule is CC[C@H](C)N1O[C@H]1c1ccccc1. The highest BCUT2D eigenvalue weighted by atomic mass is 16.8. The van der Waals surface area contributed by atoms with E-state index >= 15 is 0 Å². The molecule has 1 aromatic rings. The van der Waals surface area contributed by atoms with Crippen LogP contribution >= 0.6 is 0 Å². The van der Waals surface area contributed by atoms with Crippen LogP contribution in [0.1, 0.15) is 32.1 Å². The number of hydrogen-bond acceptors (Lipinski definition) is 2. The first-order valence-corrected chi connectivity index (χ1v) is 4.83. The van der Waals surface area contributed by atoms with E-state index in [0.29, 0.717) is 6.04 Å². The maximum atomic E-state index is 5.49. The first kappa shape index (κ1) is 8.73. The molecule has 13 heavy (non-hydrogen) atoms. The summed E-state index contributed by atoms with van der Waals surface area (Å²) in [5, 5.41) is 2.05. The Morgan fingerprint density at radius 1 is 1.38 bits per heavy atom. The number of hydrogen-bond donors (Lipinski definition) is 0. The third-order valence-corrected chi connectivity index (χ3v) is 2.52. The van der Waals surface area contributed by atoms with E-state index in [4.69, 9.17) is 4.84 Å². The minimum absolute atomic E-state index is 0.205. The highest BCUT2D eigenvalue weighted by molar-refractivity contribution is 5.18. The normalized spacial score (nSPS) is 28.5. The van der Waals surface area contributed by atoms with Gasteiger partial charge in [-0.25, -0.2) is 0 Å². The van der Waals surface area contributed by atoms with Gasteiger partial charge in [-0.15, -0.1) is 5.06 Å². The summed E-state index contributed by atoms with van der Waals surface area (Å²) in [5.74, 6) is 0. The van der Waals surface area contributed by atoms with Crippen LogP contribution in [0.15, 0.2) is 30.3 Å². The van der Waals surface area contributed by atoms with Gasteiger partial charge in [0.05, 0.1) is 0 Å². The van der Waals surface area contributed by atoms with Crippen molar-refractivity contribution in [2.75, 3.05) is 0 Å². The lowest BCUT2D eigenvalue weighted by Crippen LogP contribution is -2.12. The molecule has 0 N–H and O–H groups in total. The van der Waals surface area contributed by atoms with E-state index in [2.05, 4.69) is 31.0 Å². The van der Waals surface area contributed by atoms with Crippen molar-refractivity contribution in [2.24, 2.45) is 0 Å². The Balaban J connectivity index is 2.00. The van der Waals surface area contributed by atoms with Crippen molar-refractivity contribution in [3.63, 3.8) is 0 Å². The summed E-state index contributed by atoms with van der Waals surface area (Å²) >= 11 is 0. The standard InChI is InChI=1S/C11H15NO/c1-3-9(2)12-11(13-12)10-7-5-4-6-8-10/h4-9,11H,3H2,1-2H3/t9-,11-,12?/m0/s1. The predicted octanol–water partition coefficient (Wildman–Crippen LogP) is 2.73. The van der Waals surface area contributed by atoms with Gasteiger partial charge in [0, 0.05) is 6.04 Å². The van der Waals surface area contributed by atoms with Gasteiger partial charge in [-0.1, -0.05) is 37.3 Å². The van der Waals surface area contributed by atoms with Gasteiger partial charge in [0.1, 0.15) is 0 Å². The van der Waals surface area contributed by atoms with Crippen molar-refractivity contribution in [1.29, 1.82) is 0 Å². The lowest BCUT2D eigenvalue weighted by molar-refractivity contribution is 0.152. The fourth-order valence-electron chi connectivity index (χ4n) is 1.43. The van der Waals surface area contributed by atoms with E-state index in [1.54, 1.807) is 0 Å². The van der Waals surface area contributed by atoms with Gasteiger partial charge in [-0.2, -0.15) is 0 Å². The van der Waals surface area contributed by atoms with Gasteiger partial charge in [0.15, 0.2) is 6.23 Å². The molecule has 2 nitrogen and oxygen atoms in total. The molecule has 1 unspecified atom stereocenters. The third kappa shape index (κ3) is 1.74. The second-order valence-electron chi connectivity index (χ2n) is 3.49. The molecule has 0 bridgehead atoms. The quantitative estimate of drug-likeness (QED) is 0.660. The minimum Gasteiger partial charge on any atom is -0.270 e. The van der Waals surface area contributed by atoms with Gasteiger partial charge in [-0.05, 0) is 18.9 Å². The highest BCUT2D eigenvalue weighted by Crippen LogP contribution is 2.39. The first-order chi connectivity index (χ1) is 6.33. The summed E-state index contributed by atoms with van der Waals surface area (Å²) in [6.07, 6.45) is 1.33. The van der Waals surface area contributed by atoms with E-state index < -0.39 is 0 Å². The topological polar surface area (TPSA) is 15.5 Å². The zero-order chi connectivity index (χ0) is 9.26. The van der Waals surface area contributed by atoms with Crippen LogP contribution in [0.3, 0.4) is 0 Å². The van der Waals surface area contributed by atoms with Crippen molar-refractivity contribution >= 4 is 0 Å². The Labute approximate surface area is 79.1 Å². The second kappa shape index (κ2) is 3.48. The lowest BCUT2D eigenvalue weighted by atomic mass is 10.2. The number of rotatable bonds is 3. The molecule has 0 amide bonds. The number of hydroxylamine groups is 2. The van der Waals surface area contributed by atoms with Crippen molar-refractivity contribution in [1.82, 2.24) is 5.06 Å². The summed E-state index contributed by atoms with van der Waals surface area (Å²) < 4.78 is 0. The highest BCUT2D eigenvalue weighted by Gasteiger charge is 2.40. The molecule has 1 heterocycles. The average Bonchev–Trinajstić information content (AvgIpc) is 2.98. The molecule has 0 spiro atoms. The molecular formula is C11H15NO. The monoisotopic (exact) mass is 177 g/mol. The number of benzene rings is 1. The van der Waals surface area contributed by atoms with Crippen LogP contribution in [0, 0.1) is 0 Å². The molecule has 1 saturated heterocycles. The van der Waals surface area contributed by atoms with Crippen LogP contribution in [-0.2, 0) is 4.84 Å². The van der Waals surface area contributed by atoms with Crippen molar-refractivity contribution in [2.45, 2.75) is 32.5 Å². The first-order valence-electron chi connectivity index (χ1n) is 4.83. The molecule has 1 aromatic carbocycles. The molecule has 70 valence electrons. The Morgan fingerprint density at radius 2 is 2.08 bits per heavy atom. The second-order valence-corrected chi connectivity index (χ2v) is 3.49. The summed E-state index contributed by atoms with van der Waals surface area (Å²) in [5.41, 5.74) is 1.25. The average molecular weight is 177 g/mol. The van der Waals surface area contributed by atoms with Crippen molar-refractivity contribution in [3.8, 4) is 0 Å². The zero-order valence-corrected chi connectivity index (χ0v) is 8.10. The van der Waals surface area contributed by atoms with Gasteiger partial charge < -0.3 is 0 Å². The molecule has 2 rings (SSSR count). The van der Waals surface area contributed by atoms with Gasteiger partial charge >= 0.3 is 0 Å². The van der Waals surface area contributed by atoms with Crippen molar-refractivity contribution in [3.05, 3.63) is 35.9 Å². The van der Waals surface area contributed by atoms with Crippen LogP contribution in [0.2, 0.25) is 0 Å². The Morgan fingerprint density at radius 3 is 2.69 bits per heavy atom. The Bertz CT molecular complexity index is 273. The lowest BCUT2D eigenvalue weighted by Gasteiger charge is -2.04. The molecule has 1 aliphatic rings. The summed E-state index contributed by atoms with van der Waals surface area (Å²) in [7, 11) is 0. The van der Waals surface area contributed by atoms with Crippen LogP contribution in [0.5, 0.6) is 0 Å². The van der Waals surface area contributed by atoms with E-state index in [1.165, 1.54) is 5.56 Å². The van der Waals surface area contributed by atoms with E-state index in [9.17, 15) is 0 Å². The fourth-order valence-corrected chi connectivity index (χ4v) is 1.43. The largest absolute Gasteiger partial charge is 0.270 e. The van der Waals surface area contributed by atoms with Crippen LogP contribution in [0.25, 0.3) is 0 Å². The predicted molar refractivity (Wildman–Crippen MR) is 51.9 cm³/mol. The molecule has 0 aromatic heterocycles. The fraction of sp³-hybridized carbons (Fsp3) is 0.455. The Hall–Kier alpha value is -0.860. The van der Waals surface area contributed by atoms with Crippen LogP contribution < -0.4 is 0 Å². The smallest absolute Gasteiger partial charge is 0.180 e. The summed E-state index contributed by atoms with van der Waals surface area (Å²) in [6, 6.07) is 10.8. The molecule has 1 aliphatic heterocycles. The third-order valence-electron chi connectivity index (χ3n) is 2.52. The van der Waals surface area contributed by atoms with Gasteiger partial charge in [-0.3, -0.25) is 4.84 Å². The summed E-state index contributed by atoms with van der Waals surface area (Å²) in [6.45, 7) is 4.36. The van der Waals surface area contributed by atoms with Gasteiger partial charge in [0.2, 0.25) is 0 Å². The molecule has 0 aliphatic carbocycles. The summed E-state index contributed by atoms with van der Waals surface area (Å²) in [4.78, 5) is 5.49. The van der Waals surface area contributed by atoms with Gasteiger partial charge in [0.25, 0.3) is 0 Å². The molecule has 0 saturated carbocycles. The molecule has 0 radical (unpaired) electrons. The zero-order valence-electron chi connectivity index (χ0n) is 8.10. The molecule has 2 heteroatoms. The van der Waals surface area contributed by atoms with E-state index in [1.807, 2.05) is 18.2 Å². The Kier molecular flexibility index (Phi) is 2.34. The maximum Gasteiger partial charge on any atom is 0.180 e. The molecule has 3 atom stereocenters.